The van der Waals surface area contributed by atoms with E-state index >= 15 is 0 Å². The molecule has 268 valence electrons. The zero-order chi connectivity index (χ0) is 37.7. The molecule has 0 atom stereocenters. The molecule has 0 N–H and O–H groups in total. The van der Waals surface area contributed by atoms with Crippen LogP contribution in [0.15, 0.2) is 223 Å². The van der Waals surface area contributed by atoms with Crippen molar-refractivity contribution in [1.82, 2.24) is 4.57 Å². The normalized spacial score (nSPS) is 11.5. The Morgan fingerprint density at radius 2 is 0.737 bits per heavy atom. The van der Waals surface area contributed by atoms with E-state index in [4.69, 9.17) is 4.42 Å². The number of rotatable bonds is 7. The molecule has 0 saturated carbocycles. The molecule has 11 aromatic rings. The van der Waals surface area contributed by atoms with Crippen LogP contribution >= 0.6 is 0 Å². The summed E-state index contributed by atoms with van der Waals surface area (Å²) in [5.74, 6) is 0. The van der Waals surface area contributed by atoms with Crippen molar-refractivity contribution in [1.29, 1.82) is 0 Å². The van der Waals surface area contributed by atoms with Crippen LogP contribution in [-0.4, -0.2) is 4.57 Å². The van der Waals surface area contributed by atoms with Gasteiger partial charge in [0, 0.05) is 44.3 Å². The summed E-state index contributed by atoms with van der Waals surface area (Å²) in [7, 11) is 0. The summed E-state index contributed by atoms with van der Waals surface area (Å²) in [4.78, 5) is 2.33. The maximum Gasteiger partial charge on any atom is 0.136 e. The lowest BCUT2D eigenvalue weighted by atomic mass is 10.0. The van der Waals surface area contributed by atoms with Crippen molar-refractivity contribution in [2.75, 3.05) is 4.90 Å². The van der Waals surface area contributed by atoms with E-state index in [2.05, 4.69) is 216 Å². The third-order valence-corrected chi connectivity index (χ3v) is 11.2. The van der Waals surface area contributed by atoms with Crippen LogP contribution in [-0.2, 0) is 0 Å². The number of hydrogen-bond acceptors (Lipinski definition) is 2. The molecule has 0 unspecified atom stereocenters. The Bertz CT molecular complexity index is 3100. The van der Waals surface area contributed by atoms with Crippen molar-refractivity contribution in [3.63, 3.8) is 0 Å². The van der Waals surface area contributed by atoms with Crippen molar-refractivity contribution >= 4 is 60.8 Å². The highest BCUT2D eigenvalue weighted by Crippen LogP contribution is 2.40. The highest BCUT2D eigenvalue weighted by molar-refractivity contribution is 6.17. The van der Waals surface area contributed by atoms with Gasteiger partial charge in [0.1, 0.15) is 11.2 Å². The molecule has 3 heteroatoms. The number of benzene rings is 9. The standard InChI is InChI=1S/C54H36N2O/c1-3-11-37(12-4-1)39-19-27-43(28-20-39)55(44-29-21-40(22-30-44)38-13-5-2-6-14-38)45-31-23-41(24-32-45)42-25-33-46(34-26-42)56-51-17-9-7-15-47(51)49-36-54-50(35-52(49)56)48-16-8-10-18-53(48)57-54/h1-36H. The fourth-order valence-corrected chi connectivity index (χ4v) is 8.39. The summed E-state index contributed by atoms with van der Waals surface area (Å²) in [5, 5.41) is 4.67. The zero-order valence-electron chi connectivity index (χ0n) is 31.1. The summed E-state index contributed by atoms with van der Waals surface area (Å²) >= 11 is 0. The number of hydrogen-bond donors (Lipinski definition) is 0. The molecule has 0 spiro atoms. The molecule has 0 aliphatic rings. The van der Waals surface area contributed by atoms with Crippen molar-refractivity contribution < 1.29 is 4.42 Å². The number of para-hydroxylation sites is 2. The molecule has 11 rings (SSSR count). The van der Waals surface area contributed by atoms with E-state index in [1.807, 2.05) is 12.1 Å². The third-order valence-electron chi connectivity index (χ3n) is 11.2. The molecule has 0 saturated heterocycles. The van der Waals surface area contributed by atoms with Gasteiger partial charge in [-0.1, -0.05) is 146 Å². The maximum atomic E-state index is 6.29. The number of fused-ring (bicyclic) bond motifs is 6. The molecular formula is C54H36N2O. The highest BCUT2D eigenvalue weighted by Gasteiger charge is 2.17. The van der Waals surface area contributed by atoms with Crippen molar-refractivity contribution in [2.24, 2.45) is 0 Å². The van der Waals surface area contributed by atoms with Crippen LogP contribution in [0, 0.1) is 0 Å². The monoisotopic (exact) mass is 728 g/mol. The molecule has 57 heavy (non-hydrogen) atoms. The first-order chi connectivity index (χ1) is 28.2. The van der Waals surface area contributed by atoms with E-state index in [0.29, 0.717) is 0 Å². The summed E-state index contributed by atoms with van der Waals surface area (Å²) in [6.45, 7) is 0. The van der Waals surface area contributed by atoms with E-state index < -0.39 is 0 Å². The summed E-state index contributed by atoms with van der Waals surface area (Å²) in [6, 6.07) is 78.1. The number of anilines is 3. The van der Waals surface area contributed by atoms with E-state index in [0.717, 1.165) is 50.3 Å². The van der Waals surface area contributed by atoms with Gasteiger partial charge in [0.05, 0.1) is 11.0 Å². The molecule has 9 aromatic carbocycles. The van der Waals surface area contributed by atoms with Crippen LogP contribution in [0.3, 0.4) is 0 Å². The Morgan fingerprint density at radius 1 is 0.298 bits per heavy atom. The molecule has 0 aliphatic heterocycles. The Kier molecular flexibility index (Phi) is 7.82. The fourth-order valence-electron chi connectivity index (χ4n) is 8.39. The Hall–Kier alpha value is -7.62. The van der Waals surface area contributed by atoms with Gasteiger partial charge in [0.25, 0.3) is 0 Å². The second-order valence-corrected chi connectivity index (χ2v) is 14.6. The lowest BCUT2D eigenvalue weighted by Crippen LogP contribution is -2.09. The molecule has 0 aliphatic carbocycles. The first kappa shape index (κ1) is 32.8. The molecule has 0 fully saturated rings. The quantitative estimate of drug-likeness (QED) is 0.163. The summed E-state index contributed by atoms with van der Waals surface area (Å²) in [6.07, 6.45) is 0. The molecule has 0 amide bonds. The van der Waals surface area contributed by atoms with Crippen LogP contribution in [0.25, 0.3) is 82.8 Å². The fraction of sp³-hybridized carbons (Fsp3) is 0. The van der Waals surface area contributed by atoms with Crippen LogP contribution in [0.5, 0.6) is 0 Å². The minimum atomic E-state index is 0.913. The lowest BCUT2D eigenvalue weighted by molar-refractivity contribution is 0.669. The van der Waals surface area contributed by atoms with E-state index in [1.54, 1.807) is 0 Å². The van der Waals surface area contributed by atoms with Gasteiger partial charge < -0.3 is 13.9 Å². The molecule has 0 radical (unpaired) electrons. The largest absolute Gasteiger partial charge is 0.456 e. The number of furan rings is 1. The molecule has 0 bridgehead atoms. The lowest BCUT2D eigenvalue weighted by Gasteiger charge is -2.26. The first-order valence-corrected chi connectivity index (χ1v) is 19.4. The Labute approximate surface area is 330 Å². The van der Waals surface area contributed by atoms with Gasteiger partial charge in [0.2, 0.25) is 0 Å². The van der Waals surface area contributed by atoms with Gasteiger partial charge in [-0.15, -0.1) is 0 Å². The maximum absolute atomic E-state index is 6.29. The predicted octanol–water partition coefficient (Wildman–Crippen LogP) is 15.2. The highest BCUT2D eigenvalue weighted by atomic mass is 16.3. The Balaban J connectivity index is 0.948. The average Bonchev–Trinajstić information content (AvgIpc) is 3.82. The molecule has 2 aromatic heterocycles. The van der Waals surface area contributed by atoms with Crippen LogP contribution in [0.1, 0.15) is 0 Å². The minimum Gasteiger partial charge on any atom is -0.456 e. The molecule has 2 heterocycles. The van der Waals surface area contributed by atoms with Gasteiger partial charge in [-0.05, 0) is 106 Å². The molecular weight excluding hydrogens is 693 g/mol. The first-order valence-electron chi connectivity index (χ1n) is 19.4. The van der Waals surface area contributed by atoms with Gasteiger partial charge >= 0.3 is 0 Å². The van der Waals surface area contributed by atoms with Crippen LogP contribution in [0.2, 0.25) is 0 Å². The number of nitrogens with zero attached hydrogens (tertiary/aromatic N) is 2. The Morgan fingerprint density at radius 3 is 1.28 bits per heavy atom. The second-order valence-electron chi connectivity index (χ2n) is 14.6. The third kappa shape index (κ3) is 5.76. The van der Waals surface area contributed by atoms with E-state index in [9.17, 15) is 0 Å². The summed E-state index contributed by atoms with van der Waals surface area (Å²) < 4.78 is 8.67. The number of aromatic nitrogens is 1. The van der Waals surface area contributed by atoms with Crippen molar-refractivity contribution in [2.45, 2.75) is 0 Å². The second kappa shape index (κ2) is 13.6. The van der Waals surface area contributed by atoms with Gasteiger partial charge in [-0.2, -0.15) is 0 Å². The van der Waals surface area contributed by atoms with E-state index in [1.165, 1.54) is 49.6 Å². The minimum absolute atomic E-state index is 0.913. The van der Waals surface area contributed by atoms with Gasteiger partial charge in [0.15, 0.2) is 0 Å². The van der Waals surface area contributed by atoms with Crippen molar-refractivity contribution in [3.05, 3.63) is 218 Å². The van der Waals surface area contributed by atoms with Crippen molar-refractivity contribution in [3.8, 4) is 39.1 Å². The smallest absolute Gasteiger partial charge is 0.136 e. The van der Waals surface area contributed by atoms with Gasteiger partial charge in [-0.3, -0.25) is 0 Å². The molecule has 3 nitrogen and oxygen atoms in total. The zero-order valence-corrected chi connectivity index (χ0v) is 31.1. The SMILES string of the molecule is c1ccc(-c2ccc(N(c3ccc(-c4ccccc4)cc3)c3ccc(-c4ccc(-n5c6ccccc6c6cc7oc8ccccc8c7cc65)cc4)cc3)cc2)cc1. The van der Waals surface area contributed by atoms with Crippen LogP contribution in [0.4, 0.5) is 17.1 Å². The van der Waals surface area contributed by atoms with E-state index in [-0.39, 0.29) is 0 Å². The predicted molar refractivity (Wildman–Crippen MR) is 239 cm³/mol. The summed E-state index contributed by atoms with van der Waals surface area (Å²) in [5.41, 5.74) is 15.7. The topological polar surface area (TPSA) is 21.3 Å². The van der Waals surface area contributed by atoms with Gasteiger partial charge in [-0.25, -0.2) is 0 Å². The van der Waals surface area contributed by atoms with Crippen LogP contribution < -0.4 is 4.90 Å². The average molecular weight is 729 g/mol.